The highest BCUT2D eigenvalue weighted by Gasteiger charge is 2.09. The number of H-pyrrole nitrogens is 1. The molecule has 0 fully saturated rings. The van der Waals surface area contributed by atoms with Gasteiger partial charge in [-0.05, 0) is 43.7 Å². The van der Waals surface area contributed by atoms with E-state index in [2.05, 4.69) is 15.0 Å². The molecule has 3 nitrogen and oxygen atoms in total. The minimum absolute atomic E-state index is 0.264. The van der Waals surface area contributed by atoms with Gasteiger partial charge in [0, 0.05) is 11.3 Å². The lowest BCUT2D eigenvalue weighted by Gasteiger charge is -2.01. The van der Waals surface area contributed by atoms with Crippen molar-refractivity contribution in [3.8, 4) is 11.4 Å². The van der Waals surface area contributed by atoms with Gasteiger partial charge in [-0.25, -0.2) is 14.4 Å². The lowest BCUT2D eigenvalue weighted by atomic mass is 10.1. The van der Waals surface area contributed by atoms with E-state index in [4.69, 9.17) is 0 Å². The smallest absolute Gasteiger partial charge is 0.178 e. The van der Waals surface area contributed by atoms with Gasteiger partial charge in [-0.15, -0.1) is 0 Å². The third-order valence-corrected chi connectivity index (χ3v) is 2.94. The van der Waals surface area contributed by atoms with Crippen molar-refractivity contribution in [1.29, 1.82) is 0 Å². The van der Waals surface area contributed by atoms with E-state index >= 15 is 0 Å². The maximum atomic E-state index is 13.3. The Hall–Kier alpha value is -2.23. The van der Waals surface area contributed by atoms with Crippen LogP contribution in [0.25, 0.3) is 22.6 Å². The van der Waals surface area contributed by atoms with E-state index in [1.807, 2.05) is 26.0 Å². The number of imidazole rings is 1. The Morgan fingerprint density at radius 2 is 1.89 bits per heavy atom. The summed E-state index contributed by atoms with van der Waals surface area (Å²) in [5.74, 6) is 0.389. The maximum Gasteiger partial charge on any atom is 0.178 e. The highest BCUT2D eigenvalue weighted by molar-refractivity contribution is 5.76. The molecule has 1 aromatic carbocycles. The minimum Gasteiger partial charge on any atom is -0.337 e. The fraction of sp³-hybridized carbons (Fsp3) is 0.143. The molecular formula is C14H12FN3. The number of pyridine rings is 1. The van der Waals surface area contributed by atoms with Crippen LogP contribution in [0.1, 0.15) is 11.3 Å². The highest BCUT2D eigenvalue weighted by Crippen LogP contribution is 2.23. The highest BCUT2D eigenvalue weighted by atomic mass is 19.1. The second-order valence-electron chi connectivity index (χ2n) is 4.37. The van der Waals surface area contributed by atoms with E-state index in [1.54, 1.807) is 6.07 Å². The van der Waals surface area contributed by atoms with Gasteiger partial charge in [0.1, 0.15) is 11.6 Å². The topological polar surface area (TPSA) is 41.6 Å². The number of aryl methyl sites for hydroxylation is 2. The molecule has 18 heavy (non-hydrogen) atoms. The van der Waals surface area contributed by atoms with Gasteiger partial charge >= 0.3 is 0 Å². The Labute approximate surface area is 104 Å². The Bertz CT molecular complexity index is 731. The van der Waals surface area contributed by atoms with Gasteiger partial charge in [0.05, 0.1) is 5.52 Å². The van der Waals surface area contributed by atoms with Crippen LogP contribution >= 0.6 is 0 Å². The summed E-state index contributed by atoms with van der Waals surface area (Å²) in [4.78, 5) is 11.9. The molecule has 0 aliphatic rings. The molecule has 4 heteroatoms. The Morgan fingerprint density at radius 1 is 1.06 bits per heavy atom. The summed E-state index contributed by atoms with van der Waals surface area (Å²) in [6.07, 6.45) is 0. The zero-order valence-electron chi connectivity index (χ0n) is 10.2. The van der Waals surface area contributed by atoms with Gasteiger partial charge in [0.15, 0.2) is 5.65 Å². The molecule has 90 valence electrons. The largest absolute Gasteiger partial charge is 0.337 e. The Balaban J connectivity index is 2.22. The molecule has 0 atom stereocenters. The zero-order chi connectivity index (χ0) is 12.7. The molecule has 2 aromatic heterocycles. The number of benzene rings is 1. The van der Waals surface area contributed by atoms with Crippen LogP contribution < -0.4 is 0 Å². The zero-order valence-corrected chi connectivity index (χ0v) is 10.2. The fourth-order valence-electron chi connectivity index (χ4n) is 1.96. The first-order chi connectivity index (χ1) is 8.63. The maximum absolute atomic E-state index is 13.3. The molecule has 3 aromatic rings. The number of aromatic amines is 1. The third kappa shape index (κ3) is 1.76. The van der Waals surface area contributed by atoms with Crippen molar-refractivity contribution in [2.45, 2.75) is 13.8 Å². The van der Waals surface area contributed by atoms with Gasteiger partial charge in [0.25, 0.3) is 0 Å². The Kier molecular flexibility index (Phi) is 2.37. The molecular weight excluding hydrogens is 229 g/mol. The van der Waals surface area contributed by atoms with Crippen molar-refractivity contribution in [3.05, 3.63) is 47.4 Å². The van der Waals surface area contributed by atoms with Crippen molar-refractivity contribution >= 4 is 11.2 Å². The van der Waals surface area contributed by atoms with Crippen molar-refractivity contribution < 1.29 is 4.39 Å². The SMILES string of the molecule is Cc1ccc2[nH]c(-c3cc(F)ccc3C)nc2n1. The van der Waals surface area contributed by atoms with Crippen molar-refractivity contribution in [3.63, 3.8) is 0 Å². The molecule has 3 rings (SSSR count). The van der Waals surface area contributed by atoms with Crippen LogP contribution in [-0.4, -0.2) is 15.0 Å². The second-order valence-corrected chi connectivity index (χ2v) is 4.37. The molecule has 0 saturated carbocycles. The van der Waals surface area contributed by atoms with Crippen LogP contribution in [0.15, 0.2) is 30.3 Å². The predicted molar refractivity (Wildman–Crippen MR) is 68.8 cm³/mol. The van der Waals surface area contributed by atoms with E-state index in [9.17, 15) is 4.39 Å². The number of hydrogen-bond acceptors (Lipinski definition) is 2. The van der Waals surface area contributed by atoms with E-state index in [-0.39, 0.29) is 5.82 Å². The normalized spacial score (nSPS) is 11.1. The van der Waals surface area contributed by atoms with Gasteiger partial charge in [-0.3, -0.25) is 0 Å². The molecule has 0 aliphatic carbocycles. The van der Waals surface area contributed by atoms with Crippen LogP contribution in [0.2, 0.25) is 0 Å². The molecule has 0 aliphatic heterocycles. The molecule has 1 N–H and O–H groups in total. The summed E-state index contributed by atoms with van der Waals surface area (Å²) in [5, 5.41) is 0. The van der Waals surface area contributed by atoms with Gasteiger partial charge in [0.2, 0.25) is 0 Å². The van der Waals surface area contributed by atoms with Crippen molar-refractivity contribution in [2.24, 2.45) is 0 Å². The first-order valence-corrected chi connectivity index (χ1v) is 5.73. The summed E-state index contributed by atoms with van der Waals surface area (Å²) in [6.45, 7) is 3.85. The minimum atomic E-state index is -0.264. The van der Waals surface area contributed by atoms with Crippen LogP contribution in [0.5, 0.6) is 0 Å². The molecule has 0 spiro atoms. The molecule has 0 saturated heterocycles. The predicted octanol–water partition coefficient (Wildman–Crippen LogP) is 3.38. The van der Waals surface area contributed by atoms with E-state index < -0.39 is 0 Å². The van der Waals surface area contributed by atoms with Crippen LogP contribution in [0, 0.1) is 19.7 Å². The summed E-state index contributed by atoms with van der Waals surface area (Å²) in [6, 6.07) is 8.53. The summed E-state index contributed by atoms with van der Waals surface area (Å²) >= 11 is 0. The number of halogens is 1. The van der Waals surface area contributed by atoms with Gasteiger partial charge in [-0.1, -0.05) is 6.07 Å². The number of aromatic nitrogens is 3. The average molecular weight is 241 g/mol. The second kappa shape index (κ2) is 3.91. The fourth-order valence-corrected chi connectivity index (χ4v) is 1.96. The number of nitrogens with zero attached hydrogens (tertiary/aromatic N) is 2. The number of rotatable bonds is 1. The average Bonchev–Trinajstić information content (AvgIpc) is 2.74. The summed E-state index contributed by atoms with van der Waals surface area (Å²) < 4.78 is 13.3. The van der Waals surface area contributed by atoms with Crippen LogP contribution in [-0.2, 0) is 0 Å². The molecule has 0 unspecified atom stereocenters. The molecule has 0 radical (unpaired) electrons. The van der Waals surface area contributed by atoms with Crippen molar-refractivity contribution in [1.82, 2.24) is 15.0 Å². The van der Waals surface area contributed by atoms with Gasteiger partial charge in [-0.2, -0.15) is 0 Å². The summed E-state index contributed by atoms with van der Waals surface area (Å²) in [5.41, 5.74) is 4.18. The number of hydrogen-bond donors (Lipinski definition) is 1. The molecule has 2 heterocycles. The van der Waals surface area contributed by atoms with Gasteiger partial charge < -0.3 is 4.98 Å². The van der Waals surface area contributed by atoms with E-state index in [0.29, 0.717) is 11.5 Å². The van der Waals surface area contributed by atoms with Crippen LogP contribution in [0.4, 0.5) is 4.39 Å². The van der Waals surface area contributed by atoms with E-state index in [0.717, 1.165) is 22.3 Å². The first-order valence-electron chi connectivity index (χ1n) is 5.73. The monoisotopic (exact) mass is 241 g/mol. The Morgan fingerprint density at radius 3 is 2.72 bits per heavy atom. The quantitative estimate of drug-likeness (QED) is 0.709. The molecule has 0 bridgehead atoms. The molecule has 0 amide bonds. The standard InChI is InChI=1S/C14H12FN3/c1-8-3-5-10(15)7-11(8)13-17-12-6-4-9(2)16-14(12)18-13/h3-7H,1-2H3,(H,16,17,18). The lowest BCUT2D eigenvalue weighted by molar-refractivity contribution is 0.628. The van der Waals surface area contributed by atoms with Crippen LogP contribution in [0.3, 0.4) is 0 Å². The number of nitrogens with one attached hydrogen (secondary N) is 1. The van der Waals surface area contributed by atoms with Crippen molar-refractivity contribution in [2.75, 3.05) is 0 Å². The number of fused-ring (bicyclic) bond motifs is 1. The first kappa shape index (κ1) is 10.9. The lowest BCUT2D eigenvalue weighted by Crippen LogP contribution is -1.87. The van der Waals surface area contributed by atoms with E-state index in [1.165, 1.54) is 12.1 Å². The third-order valence-electron chi connectivity index (χ3n) is 2.94. The summed E-state index contributed by atoms with van der Waals surface area (Å²) in [7, 11) is 0.